The van der Waals surface area contributed by atoms with E-state index in [-0.39, 0.29) is 11.6 Å². The quantitative estimate of drug-likeness (QED) is 0.809. The van der Waals surface area contributed by atoms with Gasteiger partial charge < -0.3 is 15.2 Å². The van der Waals surface area contributed by atoms with Crippen molar-refractivity contribution in [3.05, 3.63) is 51.8 Å². The molecule has 2 aromatic heterocycles. The van der Waals surface area contributed by atoms with Crippen LogP contribution in [0.25, 0.3) is 0 Å². The second-order valence-corrected chi connectivity index (χ2v) is 7.18. The van der Waals surface area contributed by atoms with E-state index >= 15 is 0 Å². The number of carbonyl (C=O) groups is 1. The number of carbonyl (C=O) groups excluding carboxylic acids is 1. The van der Waals surface area contributed by atoms with Crippen LogP contribution in [-0.2, 0) is 11.2 Å². The molecule has 7 heteroatoms. The van der Waals surface area contributed by atoms with Crippen LogP contribution in [0.15, 0.2) is 29.2 Å². The van der Waals surface area contributed by atoms with Gasteiger partial charge in [0.25, 0.3) is 0 Å². The fraction of sp³-hybridized carbons (Fsp3) is 0.500. The summed E-state index contributed by atoms with van der Waals surface area (Å²) in [6.45, 7) is 6.27. The number of pyridine rings is 1. The third-order valence-corrected chi connectivity index (χ3v) is 5.14. The van der Waals surface area contributed by atoms with Crippen molar-refractivity contribution in [2.24, 2.45) is 5.92 Å². The predicted molar refractivity (Wildman–Crippen MR) is 105 cm³/mol. The largest absolute Gasteiger partial charge is 0.356 e. The number of hydrogen-bond donors (Lipinski definition) is 2. The molecule has 27 heavy (non-hydrogen) atoms. The van der Waals surface area contributed by atoms with E-state index < -0.39 is 0 Å². The van der Waals surface area contributed by atoms with E-state index in [2.05, 4.69) is 25.2 Å². The monoisotopic (exact) mass is 369 g/mol. The van der Waals surface area contributed by atoms with Crippen molar-refractivity contribution >= 4 is 11.7 Å². The van der Waals surface area contributed by atoms with Crippen LogP contribution in [0.3, 0.4) is 0 Å². The fourth-order valence-electron chi connectivity index (χ4n) is 3.69. The van der Waals surface area contributed by atoms with Gasteiger partial charge in [-0.25, -0.2) is 9.78 Å². The van der Waals surface area contributed by atoms with Crippen molar-refractivity contribution in [1.29, 1.82) is 0 Å². The number of rotatable bonds is 6. The Morgan fingerprint density at radius 1 is 1.37 bits per heavy atom. The summed E-state index contributed by atoms with van der Waals surface area (Å²) in [7, 11) is 0. The van der Waals surface area contributed by atoms with Crippen molar-refractivity contribution in [2.75, 3.05) is 24.5 Å². The first kappa shape index (κ1) is 19.1. The minimum Gasteiger partial charge on any atom is -0.356 e. The highest BCUT2D eigenvalue weighted by molar-refractivity contribution is 5.76. The zero-order valence-corrected chi connectivity index (χ0v) is 16.0. The van der Waals surface area contributed by atoms with E-state index in [1.54, 1.807) is 0 Å². The van der Waals surface area contributed by atoms with Crippen molar-refractivity contribution in [1.82, 2.24) is 20.3 Å². The molecule has 3 heterocycles. The molecule has 3 rings (SSSR count). The van der Waals surface area contributed by atoms with Crippen LogP contribution in [0, 0.1) is 19.8 Å². The summed E-state index contributed by atoms with van der Waals surface area (Å²) in [4.78, 5) is 37.0. The van der Waals surface area contributed by atoms with Crippen LogP contribution in [-0.4, -0.2) is 40.5 Å². The minimum absolute atomic E-state index is 0.0370. The van der Waals surface area contributed by atoms with Gasteiger partial charge in [-0.2, -0.15) is 4.98 Å². The first-order valence-corrected chi connectivity index (χ1v) is 9.52. The summed E-state index contributed by atoms with van der Waals surface area (Å²) < 4.78 is 0. The standard InChI is InChI=1S/C20H27N5O2/c1-14-17(15(2)24-20(27)23-14)8-9-19(26)22-12-16-6-5-11-25(13-16)18-7-3-4-10-21-18/h3-4,7,10,16H,5-6,8-9,11-13H2,1-2H3,(H,22,26)(H,23,24,27). The molecule has 1 unspecified atom stereocenters. The maximum Gasteiger partial charge on any atom is 0.345 e. The molecule has 1 saturated heterocycles. The number of hydrogen-bond acceptors (Lipinski definition) is 5. The molecule has 2 aromatic rings. The number of amides is 1. The summed E-state index contributed by atoms with van der Waals surface area (Å²) in [6, 6.07) is 5.96. The topological polar surface area (TPSA) is 91.0 Å². The lowest BCUT2D eigenvalue weighted by atomic mass is 9.97. The number of H-pyrrole nitrogens is 1. The molecule has 0 saturated carbocycles. The molecule has 0 aromatic carbocycles. The highest BCUT2D eigenvalue weighted by Crippen LogP contribution is 2.20. The average molecular weight is 369 g/mol. The normalized spacial score (nSPS) is 17.0. The lowest BCUT2D eigenvalue weighted by molar-refractivity contribution is -0.121. The second-order valence-electron chi connectivity index (χ2n) is 7.18. The average Bonchev–Trinajstić information content (AvgIpc) is 2.66. The van der Waals surface area contributed by atoms with Crippen molar-refractivity contribution in [2.45, 2.75) is 39.5 Å². The van der Waals surface area contributed by atoms with Gasteiger partial charge in [0.15, 0.2) is 0 Å². The van der Waals surface area contributed by atoms with Gasteiger partial charge >= 0.3 is 5.69 Å². The van der Waals surface area contributed by atoms with Crippen LogP contribution in [0.5, 0.6) is 0 Å². The lowest BCUT2D eigenvalue weighted by Crippen LogP contribution is -2.41. The van der Waals surface area contributed by atoms with Gasteiger partial charge in [0.05, 0.1) is 0 Å². The van der Waals surface area contributed by atoms with E-state index in [1.165, 1.54) is 0 Å². The van der Waals surface area contributed by atoms with Gasteiger partial charge in [-0.15, -0.1) is 0 Å². The molecule has 144 valence electrons. The van der Waals surface area contributed by atoms with Crippen LogP contribution in [0.2, 0.25) is 0 Å². The summed E-state index contributed by atoms with van der Waals surface area (Å²) >= 11 is 0. The SMILES string of the molecule is Cc1nc(=O)[nH]c(C)c1CCC(=O)NCC1CCCN(c2ccccn2)C1. The van der Waals surface area contributed by atoms with Gasteiger partial charge in [-0.05, 0) is 56.7 Å². The van der Waals surface area contributed by atoms with E-state index in [0.29, 0.717) is 31.0 Å². The Hall–Kier alpha value is -2.70. The van der Waals surface area contributed by atoms with Gasteiger partial charge in [-0.1, -0.05) is 6.07 Å². The Kier molecular flexibility index (Phi) is 6.21. The third-order valence-electron chi connectivity index (χ3n) is 5.14. The van der Waals surface area contributed by atoms with E-state index in [4.69, 9.17) is 0 Å². The molecule has 1 aliphatic rings. The van der Waals surface area contributed by atoms with E-state index in [9.17, 15) is 9.59 Å². The zero-order valence-electron chi connectivity index (χ0n) is 16.0. The molecule has 0 bridgehead atoms. The Morgan fingerprint density at radius 2 is 2.22 bits per heavy atom. The highest BCUT2D eigenvalue weighted by Gasteiger charge is 2.21. The Morgan fingerprint density at radius 3 is 2.96 bits per heavy atom. The molecule has 1 amide bonds. The zero-order chi connectivity index (χ0) is 19.2. The lowest BCUT2D eigenvalue weighted by Gasteiger charge is -2.33. The summed E-state index contributed by atoms with van der Waals surface area (Å²) in [5, 5.41) is 3.07. The van der Waals surface area contributed by atoms with Crippen LogP contribution >= 0.6 is 0 Å². The van der Waals surface area contributed by atoms with Crippen molar-refractivity contribution in [3.63, 3.8) is 0 Å². The fourth-order valence-corrected chi connectivity index (χ4v) is 3.69. The third kappa shape index (κ3) is 5.15. The van der Waals surface area contributed by atoms with Crippen LogP contribution in [0.1, 0.15) is 36.2 Å². The van der Waals surface area contributed by atoms with Gasteiger partial charge in [0, 0.05) is 43.6 Å². The number of nitrogens with one attached hydrogen (secondary N) is 2. The van der Waals surface area contributed by atoms with Gasteiger partial charge in [0.2, 0.25) is 5.91 Å². The molecular weight excluding hydrogens is 342 g/mol. The first-order valence-electron chi connectivity index (χ1n) is 9.52. The Labute approximate surface area is 159 Å². The number of anilines is 1. The van der Waals surface area contributed by atoms with Crippen LogP contribution in [0.4, 0.5) is 5.82 Å². The molecule has 7 nitrogen and oxygen atoms in total. The molecule has 1 fully saturated rings. The van der Waals surface area contributed by atoms with Gasteiger partial charge in [0.1, 0.15) is 5.82 Å². The maximum atomic E-state index is 12.3. The molecule has 1 aliphatic heterocycles. The number of aromatic nitrogens is 3. The number of piperidine rings is 1. The Bertz CT molecular complexity index is 808. The van der Waals surface area contributed by atoms with Gasteiger partial charge in [-0.3, -0.25) is 4.79 Å². The van der Waals surface area contributed by atoms with E-state index in [1.807, 2.05) is 38.2 Å². The number of nitrogens with zero attached hydrogens (tertiary/aromatic N) is 3. The molecule has 2 N–H and O–H groups in total. The number of aryl methyl sites for hydroxylation is 2. The maximum absolute atomic E-state index is 12.3. The molecule has 1 atom stereocenters. The predicted octanol–water partition coefficient (Wildman–Crippen LogP) is 1.75. The molecule has 0 radical (unpaired) electrons. The van der Waals surface area contributed by atoms with Crippen LogP contribution < -0.4 is 15.9 Å². The molecule has 0 spiro atoms. The van der Waals surface area contributed by atoms with Crippen molar-refractivity contribution in [3.8, 4) is 0 Å². The minimum atomic E-state index is -0.340. The van der Waals surface area contributed by atoms with Crippen molar-refractivity contribution < 1.29 is 4.79 Å². The van der Waals surface area contributed by atoms with E-state index in [0.717, 1.165) is 43.0 Å². The summed E-state index contributed by atoms with van der Waals surface area (Å²) in [6.07, 6.45) is 5.02. The summed E-state index contributed by atoms with van der Waals surface area (Å²) in [5.41, 5.74) is 2.10. The molecular formula is C20H27N5O2. The second kappa shape index (κ2) is 8.79. The first-order chi connectivity index (χ1) is 13.0. The molecule has 0 aliphatic carbocycles. The smallest absolute Gasteiger partial charge is 0.345 e. The highest BCUT2D eigenvalue weighted by atomic mass is 16.1. The number of aromatic amines is 1. The Balaban J connectivity index is 1.47. The summed E-state index contributed by atoms with van der Waals surface area (Å²) in [5.74, 6) is 1.47.